The number of nitrogen functional groups attached to an aromatic ring is 2. The van der Waals surface area contributed by atoms with Crippen LogP contribution in [0.3, 0.4) is 0 Å². The number of benzene rings is 2. The van der Waals surface area contributed by atoms with Gasteiger partial charge in [-0.2, -0.15) is 19.9 Å². The van der Waals surface area contributed by atoms with Gasteiger partial charge in [-0.1, -0.05) is 62.9 Å². The average Bonchev–Trinajstić information content (AvgIpc) is 3.81. The van der Waals surface area contributed by atoms with Crippen molar-refractivity contribution in [1.82, 2.24) is 43.9 Å². The van der Waals surface area contributed by atoms with Crippen LogP contribution in [0.25, 0.3) is 22.3 Å². The molecule has 2 aromatic carbocycles. The van der Waals surface area contributed by atoms with Gasteiger partial charge in [-0.3, -0.25) is 28.0 Å². The van der Waals surface area contributed by atoms with Crippen molar-refractivity contribution in [3.8, 4) is 0 Å². The number of aliphatic carboxylic acids is 1. The number of likely N-dealkylation sites (N-methyl/N-ethyl adjacent to an activating group) is 2. The van der Waals surface area contributed by atoms with E-state index in [0.29, 0.717) is 84.8 Å². The number of cyclic esters (lactones) is 1. The fraction of sp³-hybridized carbons (Fsp3) is 0.455. The van der Waals surface area contributed by atoms with Crippen molar-refractivity contribution in [1.29, 1.82) is 0 Å². The molecule has 7 rings (SSSR count). The number of carboxylic acids is 1. The molecule has 0 radical (unpaired) electrons. The first-order chi connectivity index (χ1) is 34.1. The van der Waals surface area contributed by atoms with E-state index >= 15 is 0 Å². The Labute approximate surface area is 476 Å². The molecule has 1 aliphatic heterocycles. The molecule has 6 aromatic rings. The summed E-state index contributed by atoms with van der Waals surface area (Å²) >= 11 is 11.4. The number of nitrogens with one attached hydrogen (secondary N) is 2. The predicted molar refractivity (Wildman–Crippen MR) is 336 cm³/mol. The van der Waals surface area contributed by atoms with Crippen LogP contribution in [-0.2, 0) is 40.3 Å². The quantitative estimate of drug-likeness (QED) is 0.0628. The summed E-state index contributed by atoms with van der Waals surface area (Å²) in [6.45, 7) is 13.7. The van der Waals surface area contributed by atoms with Crippen molar-refractivity contribution in [2.24, 2.45) is 0 Å². The number of carbonyl (C=O) groups is 2. The van der Waals surface area contributed by atoms with Gasteiger partial charge in [-0.05, 0) is 56.5 Å². The third kappa shape index (κ3) is 20.3. The molecule has 0 spiro atoms. The number of aliphatic hydroxyl groups excluding tert-OH is 1. The first-order valence-electron chi connectivity index (χ1n) is 22.2. The minimum atomic E-state index is -1.00. The number of nitrogens with zero attached hydrogens (tertiary/aromatic N) is 9. The van der Waals surface area contributed by atoms with E-state index in [1.54, 1.807) is 48.2 Å². The number of nitrogens with two attached hydrogens (primary N) is 2. The van der Waals surface area contributed by atoms with Gasteiger partial charge in [0.1, 0.15) is 17.6 Å². The summed E-state index contributed by atoms with van der Waals surface area (Å²) in [5, 5.41) is 18.0. The summed E-state index contributed by atoms with van der Waals surface area (Å²) in [6, 6.07) is 15.9. The molecular formula is C44H64FI7N13O7-. The number of anilines is 4. The van der Waals surface area contributed by atoms with Gasteiger partial charge in [0.05, 0.1) is 47.6 Å². The van der Waals surface area contributed by atoms with Crippen molar-refractivity contribution < 1.29 is 43.6 Å². The van der Waals surface area contributed by atoms with Crippen LogP contribution in [0.15, 0.2) is 58.1 Å². The summed E-state index contributed by atoms with van der Waals surface area (Å²) in [4.78, 5) is 76.2. The molecule has 4 bridgehead atoms. The Morgan fingerprint density at radius 2 is 1.56 bits per heavy atom. The summed E-state index contributed by atoms with van der Waals surface area (Å²) in [7, 11) is 1.99. The number of aliphatic hydroxyl groups is 1. The Bertz CT molecular complexity index is 2800. The number of hydrogen-bond acceptors (Lipinski definition) is 15. The Balaban J connectivity index is 0.000000368. The van der Waals surface area contributed by atoms with Crippen molar-refractivity contribution >= 4 is 148 Å². The maximum absolute atomic E-state index is 12.4. The molecule has 20 nitrogen and oxygen atoms in total. The second-order valence-corrected chi connectivity index (χ2v) is 130. The number of carbonyl (C=O) groups excluding carboxylic acids is 1. The van der Waals surface area contributed by atoms with Gasteiger partial charge in [0.15, 0.2) is 22.9 Å². The normalized spacial score (nSPS) is 12.8. The first-order valence-corrected chi connectivity index (χ1v) is 59.2. The maximum atomic E-state index is 12.4. The van der Waals surface area contributed by atoms with Gasteiger partial charge in [0, 0.05) is 32.7 Å². The molecule has 404 valence electrons. The molecule has 28 heteroatoms. The number of aromatic amines is 2. The molecule has 0 fully saturated rings. The molecule has 0 saturated heterocycles. The molecule has 72 heavy (non-hydrogen) atoms. The molecule has 5 heterocycles. The fourth-order valence-electron chi connectivity index (χ4n) is 7.14. The smallest absolute Gasteiger partial charge is 0.0785 e. The van der Waals surface area contributed by atoms with E-state index in [-0.39, 0.29) is 79.1 Å². The van der Waals surface area contributed by atoms with Gasteiger partial charge in [-0.25, -0.2) is 9.59 Å². The molecule has 8 N–H and O–H groups in total. The molecule has 0 atom stereocenters. The van der Waals surface area contributed by atoms with Crippen LogP contribution in [0, 0.1) is 0 Å². The summed E-state index contributed by atoms with van der Waals surface area (Å²) in [5.74, 6) is -0.233. The topological polar surface area (TPSA) is 273 Å². The van der Waals surface area contributed by atoms with E-state index in [4.69, 9.17) is 27.8 Å². The van der Waals surface area contributed by atoms with E-state index in [9.17, 15) is 23.6 Å². The second-order valence-electron chi connectivity index (χ2n) is 15.8. The zero-order valence-electron chi connectivity index (χ0n) is 41.0. The first kappa shape index (κ1) is 64.5. The summed E-state index contributed by atoms with van der Waals surface area (Å²) < 4.78 is 23.7. The zero-order chi connectivity index (χ0) is 53.8. The Morgan fingerprint density at radius 1 is 0.958 bits per heavy atom. The van der Waals surface area contributed by atoms with E-state index in [0.717, 1.165) is 23.2 Å². The number of rotatable bonds is 12. The summed E-state index contributed by atoms with van der Waals surface area (Å²) in [6.07, 6.45) is 0.0889. The predicted octanol–water partition coefficient (Wildman–Crippen LogP) is 5.76. The second kappa shape index (κ2) is 33.4. The largest absolute Gasteiger partial charge is 0.255 e. The van der Waals surface area contributed by atoms with Crippen LogP contribution in [-0.4, -0.2) is 132 Å². The Morgan fingerprint density at radius 3 is 2.12 bits per heavy atom. The number of aromatic nitrogens is 8. The third-order valence-electron chi connectivity index (χ3n) is 10.3. The van der Waals surface area contributed by atoms with Crippen LogP contribution in [0.4, 0.5) is 27.9 Å². The van der Waals surface area contributed by atoms with Crippen LogP contribution in [0.5, 0.6) is 0 Å². The SMILES string of the molecule is C.CCN(C(C)C)C(C)C.CN(CCO)c1nc(N)c2[nH]c(=O)n(Cc3cccc(CC(=O)O)c3)c2n1.CN1CCOC(=O)Cc2cccc(c2)Cn2c(=O)[nH]c3c(N)nc1nc32.I[I-]I(I)I(I)I.[2H]CF. The van der Waals surface area contributed by atoms with Gasteiger partial charge < -0.3 is 46.2 Å². The van der Waals surface area contributed by atoms with Gasteiger partial charge in [-0.15, -0.1) is 0 Å². The number of fused-ring (bicyclic) bond motifs is 4. The number of alkyl halides is 1. The molecule has 0 unspecified atom stereocenters. The van der Waals surface area contributed by atoms with E-state index < -0.39 is 18.8 Å². The molecular weight excluding hydrogens is 1730 g/mol. The molecule has 0 amide bonds. The molecule has 0 aliphatic carbocycles. The molecule has 0 saturated carbocycles. The molecule has 4 aromatic heterocycles. The minimum Gasteiger partial charge on any atom is -0.255 e. The van der Waals surface area contributed by atoms with Crippen molar-refractivity contribution in [3.63, 3.8) is 0 Å². The van der Waals surface area contributed by atoms with E-state index in [1.165, 1.54) is 9.13 Å². The van der Waals surface area contributed by atoms with Crippen LogP contribution >= 0.6 is 90.3 Å². The van der Waals surface area contributed by atoms with Crippen molar-refractivity contribution in [2.75, 3.05) is 75.4 Å². The number of halogens is 8. The van der Waals surface area contributed by atoms with Crippen LogP contribution in [0.2, 0.25) is 0 Å². The number of esters is 1. The number of H-pyrrole nitrogens is 2. The van der Waals surface area contributed by atoms with E-state index in [2.05, 4.69) is 144 Å². The van der Waals surface area contributed by atoms with Crippen LogP contribution in [0.1, 0.15) is 65.7 Å². The van der Waals surface area contributed by atoms with E-state index in [1.807, 2.05) is 24.3 Å². The van der Waals surface area contributed by atoms with Gasteiger partial charge in [0.2, 0.25) is 11.9 Å². The number of carboxylic acid groups (broad SMARTS) is 1. The minimum absolute atomic E-state index is 0. The number of hydrogen-bond donors (Lipinski definition) is 6. The standard InChI is InChI=1S/C17H20N6O4.C17H18N6O3.C8H19N.CH3F.CH4.I7/c1-22(5-6-24)16-20-14(18)13-15(21-16)23(17(27)19-13)9-11-4-2-3-10(7-11)8-12(25)26;1-22-5-6-26-12(24)8-10-3-2-4-11(7-10)9-23-15-13(19-17(23)25)14(18)20-16(22)21-15;1-6-9(7(2)3)8(4)5;1-2;;1-5-7(4)6(2)3/h2-4,7,24H,5-6,8-9H2,1H3,(H,19,27)(H,25,26)(H2,18,20,21);2-4,7H,5-6,8-9H2,1H3,(H,19,25)(H2,18,20,21);7-8H,6H2,1-5H3;1H3;1H4;/q;;;;;-1/i;;;1D;;. The monoisotopic (exact) mass is 1790 g/mol. The van der Waals surface area contributed by atoms with Gasteiger partial charge in [0.25, 0.3) is 0 Å². The number of imidazole rings is 2. The molecule has 1 aliphatic rings. The van der Waals surface area contributed by atoms with Crippen LogP contribution < -0.4 is 45.9 Å². The van der Waals surface area contributed by atoms with Crippen molar-refractivity contribution in [3.05, 3.63) is 91.8 Å². The maximum Gasteiger partial charge on any atom is 0.0785 e. The third-order valence-corrected chi connectivity index (χ3v) is 258. The van der Waals surface area contributed by atoms with Gasteiger partial charge >= 0.3 is 127 Å². The zero-order valence-corrected chi connectivity index (χ0v) is 55.1. The average molecular weight is 1800 g/mol. The fourth-order valence-corrected chi connectivity index (χ4v) is 217. The van der Waals surface area contributed by atoms with Crippen molar-refractivity contribution in [2.45, 2.75) is 80.1 Å². The summed E-state index contributed by atoms with van der Waals surface area (Å²) in [5.41, 5.74) is 15.9. The Hall–Kier alpha value is -1.76. The Kier molecular flexibility index (Phi) is 29.9. The number of ether oxygens (including phenoxy) is 1.